The van der Waals surface area contributed by atoms with Crippen molar-refractivity contribution in [2.24, 2.45) is 0 Å². The molecule has 5 nitrogen and oxygen atoms in total. The lowest BCUT2D eigenvalue weighted by Gasteiger charge is -2.32. The second kappa shape index (κ2) is 8.10. The summed E-state index contributed by atoms with van der Waals surface area (Å²) in [6, 6.07) is 7.79. The number of carbonyl (C=O) groups excluding carboxylic acids is 1. The van der Waals surface area contributed by atoms with Gasteiger partial charge in [0.05, 0.1) is 12.1 Å². The van der Waals surface area contributed by atoms with Gasteiger partial charge in [-0.05, 0) is 37.6 Å². The van der Waals surface area contributed by atoms with Crippen LogP contribution in [0.3, 0.4) is 0 Å². The molecule has 1 amide bonds. The van der Waals surface area contributed by atoms with Crippen LogP contribution in [-0.4, -0.2) is 66.2 Å². The summed E-state index contributed by atoms with van der Waals surface area (Å²) in [4.78, 5) is 17.3. The van der Waals surface area contributed by atoms with Crippen molar-refractivity contribution in [3.63, 3.8) is 0 Å². The zero-order chi connectivity index (χ0) is 16.9. The van der Waals surface area contributed by atoms with Crippen molar-refractivity contribution in [1.29, 1.82) is 0 Å². The fourth-order valence-electron chi connectivity index (χ4n) is 3.61. The van der Waals surface area contributed by atoms with Crippen molar-refractivity contribution >= 4 is 5.91 Å². The average molecular weight is 331 g/mol. The molecule has 1 saturated carbocycles. The van der Waals surface area contributed by atoms with Gasteiger partial charge in [0.15, 0.2) is 0 Å². The van der Waals surface area contributed by atoms with Crippen LogP contribution in [0.25, 0.3) is 0 Å². The summed E-state index contributed by atoms with van der Waals surface area (Å²) in [5, 5.41) is 13.0. The van der Waals surface area contributed by atoms with Crippen LogP contribution in [0.5, 0.6) is 0 Å². The number of carbonyl (C=O) groups is 1. The minimum atomic E-state index is -0.406. The second-order valence-corrected chi connectivity index (χ2v) is 7.21. The van der Waals surface area contributed by atoms with Crippen molar-refractivity contribution in [2.75, 3.05) is 33.2 Å². The summed E-state index contributed by atoms with van der Waals surface area (Å²) >= 11 is 0. The third kappa shape index (κ3) is 4.56. The molecule has 24 heavy (non-hydrogen) atoms. The van der Waals surface area contributed by atoms with Gasteiger partial charge in [0.1, 0.15) is 0 Å². The number of aliphatic hydroxyl groups is 1. The van der Waals surface area contributed by atoms with E-state index in [2.05, 4.69) is 28.2 Å². The zero-order valence-corrected chi connectivity index (χ0v) is 14.6. The van der Waals surface area contributed by atoms with Gasteiger partial charge in [-0.3, -0.25) is 9.69 Å². The van der Waals surface area contributed by atoms with Crippen LogP contribution < -0.4 is 5.32 Å². The van der Waals surface area contributed by atoms with Crippen LogP contribution in [-0.2, 0) is 6.54 Å². The number of aliphatic hydroxyl groups excluding tert-OH is 1. The summed E-state index contributed by atoms with van der Waals surface area (Å²) in [6.07, 6.45) is 3.37. The number of rotatable bonds is 4. The third-order valence-electron chi connectivity index (χ3n) is 5.24. The van der Waals surface area contributed by atoms with Crippen LogP contribution in [0, 0.1) is 0 Å². The number of hydrogen-bond donors (Lipinski definition) is 2. The Kier molecular flexibility index (Phi) is 5.87. The Labute approximate surface area is 144 Å². The number of piperazine rings is 1. The monoisotopic (exact) mass is 331 g/mol. The van der Waals surface area contributed by atoms with E-state index in [1.165, 1.54) is 5.56 Å². The minimum Gasteiger partial charge on any atom is -0.391 e. The number of amides is 1. The molecule has 1 aromatic carbocycles. The fraction of sp³-hybridized carbons (Fsp3) is 0.632. The molecular formula is C19H29N3O2. The molecule has 5 heteroatoms. The molecule has 1 heterocycles. The summed E-state index contributed by atoms with van der Waals surface area (Å²) in [7, 11) is 2.15. The molecule has 3 rings (SSSR count). The van der Waals surface area contributed by atoms with Gasteiger partial charge in [-0.1, -0.05) is 25.0 Å². The highest BCUT2D eigenvalue weighted by molar-refractivity contribution is 5.94. The number of nitrogens with zero attached hydrogens (tertiary/aromatic N) is 2. The maximum Gasteiger partial charge on any atom is 0.251 e. The van der Waals surface area contributed by atoms with E-state index in [1.807, 2.05) is 18.2 Å². The van der Waals surface area contributed by atoms with Gasteiger partial charge in [0.25, 0.3) is 5.91 Å². The Balaban J connectivity index is 1.58. The van der Waals surface area contributed by atoms with Gasteiger partial charge >= 0.3 is 0 Å². The minimum absolute atomic E-state index is 0.0684. The normalized spacial score (nSPS) is 26.2. The van der Waals surface area contributed by atoms with Gasteiger partial charge in [-0.2, -0.15) is 0 Å². The van der Waals surface area contributed by atoms with Crippen molar-refractivity contribution in [2.45, 2.75) is 44.4 Å². The first-order valence-electron chi connectivity index (χ1n) is 9.10. The molecule has 2 aliphatic rings. The van der Waals surface area contributed by atoms with E-state index in [0.29, 0.717) is 5.56 Å². The SMILES string of the molecule is CN1CCN(Cc2cccc(C(=O)NC3CCCCC3O)c2)CC1. The Morgan fingerprint density at radius 2 is 1.96 bits per heavy atom. The number of likely N-dealkylation sites (N-methyl/N-ethyl adjacent to an activating group) is 1. The Morgan fingerprint density at radius 3 is 2.71 bits per heavy atom. The van der Waals surface area contributed by atoms with Crippen LogP contribution in [0.15, 0.2) is 24.3 Å². The molecule has 0 aromatic heterocycles. The van der Waals surface area contributed by atoms with Gasteiger partial charge in [0.2, 0.25) is 0 Å². The molecule has 0 bridgehead atoms. The first-order chi connectivity index (χ1) is 11.6. The van der Waals surface area contributed by atoms with Crippen LogP contribution >= 0.6 is 0 Å². The molecule has 1 aliphatic carbocycles. The van der Waals surface area contributed by atoms with E-state index < -0.39 is 6.10 Å². The third-order valence-corrected chi connectivity index (χ3v) is 5.24. The first-order valence-corrected chi connectivity index (χ1v) is 9.10. The smallest absolute Gasteiger partial charge is 0.251 e. The molecule has 2 atom stereocenters. The van der Waals surface area contributed by atoms with Crippen LogP contribution in [0.1, 0.15) is 41.6 Å². The van der Waals surface area contributed by atoms with Crippen LogP contribution in [0.2, 0.25) is 0 Å². The molecular weight excluding hydrogens is 302 g/mol. The molecule has 1 aliphatic heterocycles. The molecule has 2 fully saturated rings. The summed E-state index contributed by atoms with van der Waals surface area (Å²) in [5.41, 5.74) is 1.87. The fourth-order valence-corrected chi connectivity index (χ4v) is 3.61. The predicted octanol–water partition coefficient (Wildman–Crippen LogP) is 1.47. The highest BCUT2D eigenvalue weighted by Crippen LogP contribution is 2.19. The Hall–Kier alpha value is -1.43. The van der Waals surface area contributed by atoms with Crippen molar-refractivity contribution < 1.29 is 9.90 Å². The van der Waals surface area contributed by atoms with Crippen molar-refractivity contribution in [1.82, 2.24) is 15.1 Å². The maximum atomic E-state index is 12.5. The van der Waals surface area contributed by atoms with Crippen molar-refractivity contribution in [3.8, 4) is 0 Å². The van der Waals surface area contributed by atoms with Crippen LogP contribution in [0.4, 0.5) is 0 Å². The van der Waals surface area contributed by atoms with E-state index in [4.69, 9.17) is 0 Å². The first kappa shape index (κ1) is 17.4. The summed E-state index contributed by atoms with van der Waals surface area (Å²) < 4.78 is 0. The predicted molar refractivity (Wildman–Crippen MR) is 94.9 cm³/mol. The highest BCUT2D eigenvalue weighted by atomic mass is 16.3. The Bertz CT molecular complexity index is 555. The quantitative estimate of drug-likeness (QED) is 0.877. The lowest BCUT2D eigenvalue weighted by molar-refractivity contribution is 0.0717. The lowest BCUT2D eigenvalue weighted by Crippen LogP contribution is -2.45. The van der Waals surface area contributed by atoms with Gasteiger partial charge in [0, 0.05) is 38.3 Å². The molecule has 1 saturated heterocycles. The summed E-state index contributed by atoms with van der Waals surface area (Å²) in [6.45, 7) is 5.23. The van der Waals surface area contributed by atoms with E-state index in [-0.39, 0.29) is 11.9 Å². The van der Waals surface area contributed by atoms with E-state index in [0.717, 1.165) is 58.4 Å². The van der Waals surface area contributed by atoms with Gasteiger partial charge in [-0.25, -0.2) is 0 Å². The van der Waals surface area contributed by atoms with E-state index >= 15 is 0 Å². The topological polar surface area (TPSA) is 55.8 Å². The maximum absolute atomic E-state index is 12.5. The molecule has 2 N–H and O–H groups in total. The average Bonchev–Trinajstić information content (AvgIpc) is 2.59. The van der Waals surface area contributed by atoms with Gasteiger partial charge in [-0.15, -0.1) is 0 Å². The van der Waals surface area contributed by atoms with E-state index in [9.17, 15) is 9.90 Å². The second-order valence-electron chi connectivity index (χ2n) is 7.21. The molecule has 0 radical (unpaired) electrons. The van der Waals surface area contributed by atoms with Gasteiger partial charge < -0.3 is 15.3 Å². The lowest BCUT2D eigenvalue weighted by atomic mass is 9.92. The number of hydrogen-bond acceptors (Lipinski definition) is 4. The molecule has 2 unspecified atom stereocenters. The number of nitrogens with one attached hydrogen (secondary N) is 1. The highest BCUT2D eigenvalue weighted by Gasteiger charge is 2.25. The zero-order valence-electron chi connectivity index (χ0n) is 14.6. The summed E-state index contributed by atoms with van der Waals surface area (Å²) in [5.74, 6) is -0.0684. The van der Waals surface area contributed by atoms with Crippen molar-refractivity contribution in [3.05, 3.63) is 35.4 Å². The molecule has 132 valence electrons. The molecule has 1 aromatic rings. The largest absolute Gasteiger partial charge is 0.391 e. The van der Waals surface area contributed by atoms with E-state index in [1.54, 1.807) is 0 Å². The Morgan fingerprint density at radius 1 is 1.21 bits per heavy atom. The standard InChI is InChI=1S/C19H29N3O2/c1-21-9-11-22(12-10-21)14-15-5-4-6-16(13-15)19(24)20-17-7-2-3-8-18(17)23/h4-6,13,17-18,23H,2-3,7-12,14H2,1H3,(H,20,24). The molecule has 0 spiro atoms. The number of benzene rings is 1.